The number of halogens is 2. The van der Waals surface area contributed by atoms with Crippen molar-refractivity contribution in [2.45, 2.75) is 25.4 Å². The summed E-state index contributed by atoms with van der Waals surface area (Å²) in [5.74, 6) is 0.0196. The molecule has 1 aliphatic carbocycles. The molecule has 1 aliphatic rings. The summed E-state index contributed by atoms with van der Waals surface area (Å²) in [6.07, 6.45) is 4.13. The number of carbonyl (C=O) groups excluding carboxylic acids is 1. The van der Waals surface area contributed by atoms with Gasteiger partial charge in [-0.2, -0.15) is 0 Å². The fraction of sp³-hybridized carbons (Fsp3) is 0.357. The normalized spacial score (nSPS) is 14.6. The van der Waals surface area contributed by atoms with Gasteiger partial charge in [-0.25, -0.2) is 0 Å². The van der Waals surface area contributed by atoms with Gasteiger partial charge >= 0.3 is 0 Å². The number of nitrogens with zero attached hydrogens (tertiary/aromatic N) is 2. The lowest BCUT2D eigenvalue weighted by atomic mass is 10.3. The molecule has 0 aliphatic heterocycles. The molecule has 106 valence electrons. The Hall–Kier alpha value is -0.780. The van der Waals surface area contributed by atoms with Crippen LogP contribution in [-0.4, -0.2) is 22.4 Å². The van der Waals surface area contributed by atoms with Gasteiger partial charge in [0, 0.05) is 25.8 Å². The molecule has 0 unspecified atom stereocenters. The van der Waals surface area contributed by atoms with Crippen molar-refractivity contribution in [1.29, 1.82) is 0 Å². The summed E-state index contributed by atoms with van der Waals surface area (Å²) in [5.41, 5.74) is 1.82. The third kappa shape index (κ3) is 2.95. The van der Waals surface area contributed by atoms with Crippen molar-refractivity contribution in [3.05, 3.63) is 43.8 Å². The third-order valence-electron chi connectivity index (χ3n) is 3.36. The molecule has 1 amide bonds. The van der Waals surface area contributed by atoms with Crippen LogP contribution < -0.4 is 0 Å². The Morgan fingerprint density at radius 2 is 2.30 bits per heavy atom. The zero-order valence-electron chi connectivity index (χ0n) is 11.0. The first-order chi connectivity index (χ1) is 9.54. The largest absolute Gasteiger partial charge is 0.339 e. The molecule has 3 rings (SSSR count). The Bertz CT molecular complexity index is 647. The lowest BCUT2D eigenvalue weighted by Crippen LogP contribution is -2.27. The minimum atomic E-state index is 0.0196. The number of hydrogen-bond acceptors (Lipinski definition) is 2. The molecular weight excluding hydrogens is 360 g/mol. The molecule has 3 nitrogen and oxygen atoms in total. The van der Waals surface area contributed by atoms with Gasteiger partial charge in [-0.1, -0.05) is 11.6 Å². The van der Waals surface area contributed by atoms with Crippen molar-refractivity contribution in [1.82, 2.24) is 9.47 Å². The number of amides is 1. The molecule has 2 heterocycles. The summed E-state index contributed by atoms with van der Waals surface area (Å²) in [7, 11) is 1.83. The summed E-state index contributed by atoms with van der Waals surface area (Å²) >= 11 is 11.1. The first kappa shape index (κ1) is 14.2. The average molecular weight is 374 g/mol. The molecule has 20 heavy (non-hydrogen) atoms. The highest BCUT2D eigenvalue weighted by atomic mass is 79.9. The van der Waals surface area contributed by atoms with Gasteiger partial charge in [0.25, 0.3) is 5.91 Å². The third-order valence-corrected chi connectivity index (χ3v) is 5.12. The van der Waals surface area contributed by atoms with E-state index in [1.807, 2.05) is 23.9 Å². The summed E-state index contributed by atoms with van der Waals surface area (Å²) in [6, 6.07) is 4.26. The monoisotopic (exact) mass is 372 g/mol. The first-order valence-corrected chi connectivity index (χ1v) is 8.45. The van der Waals surface area contributed by atoms with Crippen LogP contribution in [0.25, 0.3) is 0 Å². The van der Waals surface area contributed by atoms with Crippen molar-refractivity contribution >= 4 is 44.8 Å². The van der Waals surface area contributed by atoms with Gasteiger partial charge in [-0.05, 0) is 51.8 Å². The van der Waals surface area contributed by atoms with Crippen LogP contribution in [-0.2, 0) is 6.54 Å². The minimum Gasteiger partial charge on any atom is -0.339 e. The molecule has 0 saturated heterocycles. The molecule has 0 N–H and O–H groups in total. The van der Waals surface area contributed by atoms with Crippen molar-refractivity contribution in [2.24, 2.45) is 0 Å². The topological polar surface area (TPSA) is 25.2 Å². The number of rotatable bonds is 4. The van der Waals surface area contributed by atoms with Gasteiger partial charge in [0.2, 0.25) is 0 Å². The molecule has 0 atom stereocenters. The number of carbonyl (C=O) groups is 1. The van der Waals surface area contributed by atoms with E-state index >= 15 is 0 Å². The molecule has 6 heteroatoms. The van der Waals surface area contributed by atoms with Gasteiger partial charge < -0.3 is 9.47 Å². The van der Waals surface area contributed by atoms with E-state index in [-0.39, 0.29) is 5.91 Å². The Labute approximate surface area is 135 Å². The van der Waals surface area contributed by atoms with Crippen LogP contribution in [0.3, 0.4) is 0 Å². The fourth-order valence-corrected chi connectivity index (χ4v) is 3.65. The van der Waals surface area contributed by atoms with Crippen LogP contribution in [0, 0.1) is 0 Å². The predicted octanol–water partition coefficient (Wildman–Crippen LogP) is 4.57. The second-order valence-corrected chi connectivity index (χ2v) is 7.83. The summed E-state index contributed by atoms with van der Waals surface area (Å²) < 4.78 is 3.10. The van der Waals surface area contributed by atoms with Crippen LogP contribution >= 0.6 is 38.9 Å². The maximum absolute atomic E-state index is 12.6. The molecule has 0 aromatic carbocycles. The smallest absolute Gasteiger partial charge is 0.270 e. The Kier molecular flexibility index (Phi) is 3.93. The van der Waals surface area contributed by atoms with E-state index in [4.69, 9.17) is 11.6 Å². The lowest BCUT2D eigenvalue weighted by Gasteiger charge is -2.17. The van der Waals surface area contributed by atoms with E-state index < -0.39 is 0 Å². The van der Waals surface area contributed by atoms with E-state index in [2.05, 4.69) is 21.3 Å². The van der Waals surface area contributed by atoms with Crippen LogP contribution in [0.5, 0.6) is 0 Å². The summed E-state index contributed by atoms with van der Waals surface area (Å²) in [5, 5.41) is 2.69. The van der Waals surface area contributed by atoms with Gasteiger partial charge in [0.05, 0.1) is 8.81 Å². The second-order valence-electron chi connectivity index (χ2n) is 5.10. The maximum atomic E-state index is 12.6. The second kappa shape index (κ2) is 5.54. The quantitative estimate of drug-likeness (QED) is 0.770. The average Bonchev–Trinajstić information content (AvgIpc) is 3.07. The summed E-state index contributed by atoms with van der Waals surface area (Å²) in [6.45, 7) is 0.606. The summed E-state index contributed by atoms with van der Waals surface area (Å²) in [4.78, 5) is 14.3. The highest BCUT2D eigenvalue weighted by molar-refractivity contribution is 9.11. The van der Waals surface area contributed by atoms with Crippen molar-refractivity contribution in [3.8, 4) is 0 Å². The maximum Gasteiger partial charge on any atom is 0.270 e. The molecule has 1 fully saturated rings. The fourth-order valence-electron chi connectivity index (χ4n) is 2.24. The van der Waals surface area contributed by atoms with E-state index in [9.17, 15) is 4.79 Å². The number of thiophene rings is 1. The van der Waals surface area contributed by atoms with Crippen molar-refractivity contribution in [2.75, 3.05) is 7.05 Å². The molecule has 0 radical (unpaired) electrons. The minimum absolute atomic E-state index is 0.0196. The molecule has 0 bridgehead atoms. The SMILES string of the molecule is CN(Cc1csc(Br)c1)C(=O)c1cc(Cl)cn1C1CC1. The van der Waals surface area contributed by atoms with Crippen LogP contribution in [0.2, 0.25) is 5.02 Å². The van der Waals surface area contributed by atoms with Gasteiger partial charge in [-0.15, -0.1) is 11.3 Å². The van der Waals surface area contributed by atoms with Crippen molar-refractivity contribution in [3.63, 3.8) is 0 Å². The molecule has 0 spiro atoms. The van der Waals surface area contributed by atoms with E-state index in [1.165, 1.54) is 0 Å². The zero-order valence-corrected chi connectivity index (χ0v) is 14.1. The molecular formula is C14H14BrClN2OS. The van der Waals surface area contributed by atoms with Crippen LogP contribution in [0.4, 0.5) is 0 Å². The molecule has 1 saturated carbocycles. The highest BCUT2D eigenvalue weighted by Crippen LogP contribution is 2.37. The van der Waals surface area contributed by atoms with Crippen LogP contribution in [0.1, 0.15) is 34.9 Å². The lowest BCUT2D eigenvalue weighted by molar-refractivity contribution is 0.0774. The standard InChI is InChI=1S/C14H14BrClN2OS/c1-17(6-9-4-13(15)20-8-9)14(19)12-5-10(16)7-18(12)11-2-3-11/h4-5,7-8,11H,2-3,6H2,1H3. The van der Waals surface area contributed by atoms with E-state index in [1.54, 1.807) is 22.3 Å². The van der Waals surface area contributed by atoms with E-state index in [0.717, 1.165) is 22.2 Å². The van der Waals surface area contributed by atoms with Gasteiger partial charge in [-0.3, -0.25) is 4.79 Å². The Morgan fingerprint density at radius 1 is 1.55 bits per heavy atom. The Balaban J connectivity index is 1.77. The van der Waals surface area contributed by atoms with Crippen molar-refractivity contribution < 1.29 is 4.79 Å². The van der Waals surface area contributed by atoms with Gasteiger partial charge in [0.15, 0.2) is 0 Å². The van der Waals surface area contributed by atoms with E-state index in [0.29, 0.717) is 23.3 Å². The molecule has 2 aromatic heterocycles. The first-order valence-electron chi connectivity index (χ1n) is 6.40. The number of aromatic nitrogens is 1. The zero-order chi connectivity index (χ0) is 14.3. The van der Waals surface area contributed by atoms with Gasteiger partial charge in [0.1, 0.15) is 5.69 Å². The molecule has 2 aromatic rings. The highest BCUT2D eigenvalue weighted by Gasteiger charge is 2.28. The predicted molar refractivity (Wildman–Crippen MR) is 85.5 cm³/mol. The Morgan fingerprint density at radius 3 is 2.90 bits per heavy atom. The van der Waals surface area contributed by atoms with Crippen LogP contribution in [0.15, 0.2) is 27.5 Å². The number of hydrogen-bond donors (Lipinski definition) is 0.